The van der Waals surface area contributed by atoms with Crippen LogP contribution in [0, 0.1) is 6.92 Å². The molecule has 0 saturated heterocycles. The molecule has 0 atom stereocenters. The molecule has 0 unspecified atom stereocenters. The number of aromatic nitrogens is 2. The van der Waals surface area contributed by atoms with Gasteiger partial charge in [0.15, 0.2) is 0 Å². The van der Waals surface area contributed by atoms with Gasteiger partial charge in [0, 0.05) is 19.5 Å². The topological polar surface area (TPSA) is 56.1 Å². The summed E-state index contributed by atoms with van der Waals surface area (Å²) < 4.78 is 7.24. The van der Waals surface area contributed by atoms with Crippen molar-refractivity contribution in [1.29, 1.82) is 0 Å². The minimum Gasteiger partial charge on any atom is -0.497 e. The van der Waals surface area contributed by atoms with Crippen molar-refractivity contribution in [2.24, 2.45) is 0 Å². The molecule has 5 heteroatoms. The highest BCUT2D eigenvalue weighted by atomic mass is 16.5. The summed E-state index contributed by atoms with van der Waals surface area (Å²) in [4.78, 5) is 16.6. The number of aryl methyl sites for hydroxylation is 2. The second-order valence-corrected chi connectivity index (χ2v) is 6.00. The highest BCUT2D eigenvalue weighted by molar-refractivity contribution is 5.78. The third-order valence-corrected chi connectivity index (χ3v) is 4.30. The molecule has 3 aromatic rings. The Balaban J connectivity index is 1.48. The van der Waals surface area contributed by atoms with Crippen molar-refractivity contribution in [2.45, 2.75) is 26.3 Å². The SMILES string of the molecule is COc1ccc(CCNC(=O)CCn2c(C)nc3ccccc32)cc1. The molecule has 1 aromatic heterocycles. The summed E-state index contributed by atoms with van der Waals surface area (Å²) in [5.74, 6) is 1.84. The number of hydrogen-bond donors (Lipinski definition) is 1. The van der Waals surface area contributed by atoms with Crippen LogP contribution >= 0.6 is 0 Å². The van der Waals surface area contributed by atoms with Crippen LogP contribution in [0.4, 0.5) is 0 Å². The van der Waals surface area contributed by atoms with Crippen LogP contribution in [-0.4, -0.2) is 29.1 Å². The molecular formula is C20H23N3O2. The largest absolute Gasteiger partial charge is 0.497 e. The highest BCUT2D eigenvalue weighted by Gasteiger charge is 2.08. The summed E-state index contributed by atoms with van der Waals surface area (Å²) in [5, 5.41) is 2.99. The molecule has 1 heterocycles. The monoisotopic (exact) mass is 337 g/mol. The van der Waals surface area contributed by atoms with Gasteiger partial charge in [-0.1, -0.05) is 24.3 Å². The Hall–Kier alpha value is -2.82. The van der Waals surface area contributed by atoms with E-state index in [9.17, 15) is 4.79 Å². The molecule has 0 bridgehead atoms. The van der Waals surface area contributed by atoms with Gasteiger partial charge in [-0.2, -0.15) is 0 Å². The standard InChI is InChI=1S/C20H23N3O2/c1-15-22-18-5-3-4-6-19(18)23(15)14-12-20(24)21-13-11-16-7-9-17(25-2)10-8-16/h3-10H,11-14H2,1-2H3,(H,21,24). The summed E-state index contributed by atoms with van der Waals surface area (Å²) in [6.45, 7) is 3.25. The molecule has 1 amide bonds. The molecule has 5 nitrogen and oxygen atoms in total. The Bertz CT molecular complexity index is 853. The van der Waals surface area contributed by atoms with E-state index in [1.165, 1.54) is 5.56 Å². The normalized spacial score (nSPS) is 10.8. The molecule has 0 saturated carbocycles. The fourth-order valence-electron chi connectivity index (χ4n) is 2.92. The maximum absolute atomic E-state index is 12.1. The van der Waals surface area contributed by atoms with Crippen molar-refractivity contribution in [3.05, 3.63) is 59.9 Å². The fraction of sp³-hybridized carbons (Fsp3) is 0.300. The van der Waals surface area contributed by atoms with Crippen molar-refractivity contribution < 1.29 is 9.53 Å². The first-order valence-electron chi connectivity index (χ1n) is 8.49. The Morgan fingerprint density at radius 2 is 1.92 bits per heavy atom. The van der Waals surface area contributed by atoms with Crippen LogP contribution in [0.15, 0.2) is 48.5 Å². The zero-order valence-electron chi connectivity index (χ0n) is 14.7. The number of para-hydroxylation sites is 2. The first kappa shape index (κ1) is 17.0. The van der Waals surface area contributed by atoms with Gasteiger partial charge in [-0.15, -0.1) is 0 Å². The van der Waals surface area contributed by atoms with Crippen molar-refractivity contribution in [3.8, 4) is 5.75 Å². The predicted molar refractivity (Wildman–Crippen MR) is 98.8 cm³/mol. The first-order valence-corrected chi connectivity index (χ1v) is 8.49. The van der Waals surface area contributed by atoms with Crippen LogP contribution in [-0.2, 0) is 17.8 Å². The van der Waals surface area contributed by atoms with Gasteiger partial charge in [0.1, 0.15) is 11.6 Å². The van der Waals surface area contributed by atoms with Gasteiger partial charge in [-0.25, -0.2) is 4.98 Å². The summed E-state index contributed by atoms with van der Waals surface area (Å²) in [5.41, 5.74) is 3.23. The second kappa shape index (κ2) is 7.83. The number of ether oxygens (including phenoxy) is 1. The number of nitrogens with zero attached hydrogens (tertiary/aromatic N) is 2. The molecule has 1 N–H and O–H groups in total. The summed E-state index contributed by atoms with van der Waals surface area (Å²) in [6, 6.07) is 15.9. The van der Waals surface area contributed by atoms with E-state index in [0.29, 0.717) is 19.5 Å². The van der Waals surface area contributed by atoms with Gasteiger partial charge in [0.05, 0.1) is 18.1 Å². The average molecular weight is 337 g/mol. The maximum atomic E-state index is 12.1. The van der Waals surface area contributed by atoms with Crippen molar-refractivity contribution >= 4 is 16.9 Å². The number of benzene rings is 2. The van der Waals surface area contributed by atoms with Crippen LogP contribution in [0.3, 0.4) is 0 Å². The van der Waals surface area contributed by atoms with Crippen LogP contribution in [0.2, 0.25) is 0 Å². The second-order valence-electron chi connectivity index (χ2n) is 6.00. The van der Waals surface area contributed by atoms with E-state index >= 15 is 0 Å². The minimum atomic E-state index is 0.0608. The van der Waals surface area contributed by atoms with E-state index in [1.807, 2.05) is 55.5 Å². The maximum Gasteiger partial charge on any atom is 0.221 e. The fourth-order valence-corrected chi connectivity index (χ4v) is 2.92. The van der Waals surface area contributed by atoms with Crippen LogP contribution < -0.4 is 10.1 Å². The zero-order chi connectivity index (χ0) is 17.6. The molecule has 2 aromatic carbocycles. The van der Waals surface area contributed by atoms with Gasteiger partial charge in [-0.3, -0.25) is 4.79 Å². The number of carbonyl (C=O) groups excluding carboxylic acids is 1. The van der Waals surface area contributed by atoms with Gasteiger partial charge >= 0.3 is 0 Å². The van der Waals surface area contributed by atoms with Gasteiger partial charge in [0.2, 0.25) is 5.91 Å². The lowest BCUT2D eigenvalue weighted by Gasteiger charge is -2.08. The van der Waals surface area contributed by atoms with Crippen molar-refractivity contribution in [1.82, 2.24) is 14.9 Å². The molecule has 130 valence electrons. The molecule has 0 aliphatic rings. The van der Waals surface area contributed by atoms with Crippen molar-refractivity contribution in [2.75, 3.05) is 13.7 Å². The Labute approximate surface area is 147 Å². The quantitative estimate of drug-likeness (QED) is 0.721. The number of nitrogens with one attached hydrogen (secondary N) is 1. The van der Waals surface area contributed by atoms with Gasteiger partial charge in [0.25, 0.3) is 0 Å². The minimum absolute atomic E-state index is 0.0608. The van der Waals surface area contributed by atoms with Gasteiger partial charge < -0.3 is 14.6 Å². The third kappa shape index (κ3) is 4.18. The summed E-state index contributed by atoms with van der Waals surface area (Å²) in [7, 11) is 1.65. The number of rotatable bonds is 7. The predicted octanol–water partition coefficient (Wildman–Crippen LogP) is 3.10. The lowest BCUT2D eigenvalue weighted by molar-refractivity contribution is -0.121. The van der Waals surface area contributed by atoms with Crippen LogP contribution in [0.1, 0.15) is 17.8 Å². The molecular weight excluding hydrogens is 314 g/mol. The zero-order valence-corrected chi connectivity index (χ0v) is 14.7. The Kier molecular flexibility index (Phi) is 5.33. The molecule has 0 radical (unpaired) electrons. The smallest absolute Gasteiger partial charge is 0.221 e. The molecule has 0 aliphatic carbocycles. The average Bonchev–Trinajstić information content (AvgIpc) is 2.95. The van der Waals surface area contributed by atoms with Crippen LogP contribution in [0.25, 0.3) is 11.0 Å². The molecule has 0 aliphatic heterocycles. The lowest BCUT2D eigenvalue weighted by atomic mass is 10.1. The van der Waals surface area contributed by atoms with E-state index in [2.05, 4.69) is 14.9 Å². The number of carbonyl (C=O) groups is 1. The highest BCUT2D eigenvalue weighted by Crippen LogP contribution is 2.15. The van der Waals surface area contributed by atoms with Crippen LogP contribution in [0.5, 0.6) is 5.75 Å². The number of fused-ring (bicyclic) bond motifs is 1. The number of methoxy groups -OCH3 is 1. The molecule has 0 spiro atoms. The Morgan fingerprint density at radius 3 is 2.68 bits per heavy atom. The van der Waals surface area contributed by atoms with E-state index in [1.54, 1.807) is 7.11 Å². The lowest BCUT2D eigenvalue weighted by Crippen LogP contribution is -2.26. The number of amides is 1. The van der Waals surface area contributed by atoms with Crippen molar-refractivity contribution in [3.63, 3.8) is 0 Å². The first-order chi connectivity index (χ1) is 12.2. The van der Waals surface area contributed by atoms with E-state index < -0.39 is 0 Å². The van der Waals surface area contributed by atoms with E-state index in [4.69, 9.17) is 4.74 Å². The summed E-state index contributed by atoms with van der Waals surface area (Å²) >= 11 is 0. The third-order valence-electron chi connectivity index (χ3n) is 4.30. The van der Waals surface area contributed by atoms with Gasteiger partial charge in [-0.05, 0) is 43.2 Å². The molecule has 0 fully saturated rings. The van der Waals surface area contributed by atoms with E-state index in [-0.39, 0.29) is 5.91 Å². The molecule has 25 heavy (non-hydrogen) atoms. The number of hydrogen-bond acceptors (Lipinski definition) is 3. The van der Waals surface area contributed by atoms with E-state index in [0.717, 1.165) is 29.0 Å². The Morgan fingerprint density at radius 1 is 1.16 bits per heavy atom. The number of imidazole rings is 1. The molecule has 3 rings (SSSR count). The summed E-state index contributed by atoms with van der Waals surface area (Å²) in [6.07, 6.45) is 1.26.